The molecular formula is C7H6N4O3S. The summed E-state index contributed by atoms with van der Waals surface area (Å²) in [5.41, 5.74) is 8.10. The number of carbonyl (C=O) groups excluding carboxylic acids is 1. The van der Waals surface area contributed by atoms with E-state index in [4.69, 9.17) is 10.7 Å². The summed E-state index contributed by atoms with van der Waals surface area (Å²) >= 11 is 0. The lowest BCUT2D eigenvalue weighted by Crippen LogP contribution is -2.12. The number of nitrogens with two attached hydrogens (primary N) is 1. The van der Waals surface area contributed by atoms with Crippen molar-refractivity contribution in [3.63, 3.8) is 0 Å². The van der Waals surface area contributed by atoms with Crippen LogP contribution < -0.4 is 5.14 Å². The molecule has 0 saturated carbocycles. The number of rotatable bonds is 2. The van der Waals surface area contributed by atoms with Gasteiger partial charge in [-0.15, -0.1) is 0 Å². The number of sulfonamides is 1. The van der Waals surface area contributed by atoms with E-state index in [0.29, 0.717) is 0 Å². The van der Waals surface area contributed by atoms with Gasteiger partial charge in [0.05, 0.1) is 4.90 Å². The first-order valence-electron chi connectivity index (χ1n) is 3.67. The standard InChI is InChI=1S/C7H6N4O3S/c8-11-10-7(12)5-1-3-6(4-2-5)15(9,13)14/h1-4H,(H2,9,13,14). The van der Waals surface area contributed by atoms with E-state index < -0.39 is 15.9 Å². The van der Waals surface area contributed by atoms with Crippen molar-refractivity contribution in [3.8, 4) is 0 Å². The van der Waals surface area contributed by atoms with Crippen molar-refractivity contribution in [1.82, 2.24) is 0 Å². The second-order valence-corrected chi connectivity index (χ2v) is 4.13. The fourth-order valence-corrected chi connectivity index (χ4v) is 1.40. The van der Waals surface area contributed by atoms with Crippen LogP contribution in [0.4, 0.5) is 0 Å². The largest absolute Gasteiger partial charge is 0.287 e. The fourth-order valence-electron chi connectivity index (χ4n) is 0.886. The molecule has 0 saturated heterocycles. The van der Waals surface area contributed by atoms with E-state index in [1.54, 1.807) is 0 Å². The molecule has 7 nitrogen and oxygen atoms in total. The Morgan fingerprint density at radius 1 is 1.33 bits per heavy atom. The summed E-state index contributed by atoms with van der Waals surface area (Å²) in [7, 11) is -3.77. The minimum atomic E-state index is -3.77. The molecule has 78 valence electrons. The van der Waals surface area contributed by atoms with Gasteiger partial charge >= 0.3 is 0 Å². The van der Waals surface area contributed by atoms with E-state index in [0.717, 1.165) is 12.1 Å². The van der Waals surface area contributed by atoms with Crippen LogP contribution in [-0.2, 0) is 10.0 Å². The van der Waals surface area contributed by atoms with Gasteiger partial charge in [-0.3, -0.25) is 4.79 Å². The molecule has 0 heterocycles. The normalized spacial score (nSPS) is 10.5. The second kappa shape index (κ2) is 4.09. The van der Waals surface area contributed by atoms with Crippen LogP contribution in [0.5, 0.6) is 0 Å². The molecule has 0 spiro atoms. The molecule has 0 aliphatic carbocycles. The highest BCUT2D eigenvalue weighted by Gasteiger charge is 2.08. The maximum atomic E-state index is 11.0. The molecule has 15 heavy (non-hydrogen) atoms. The first kappa shape index (κ1) is 11.2. The van der Waals surface area contributed by atoms with Gasteiger partial charge in [0.1, 0.15) is 0 Å². The van der Waals surface area contributed by atoms with E-state index in [1.807, 2.05) is 0 Å². The highest BCUT2D eigenvalue weighted by atomic mass is 32.2. The molecule has 0 bridgehead atoms. The fraction of sp³-hybridized carbons (Fsp3) is 0. The molecule has 1 aromatic carbocycles. The zero-order valence-corrected chi connectivity index (χ0v) is 8.18. The molecule has 0 fully saturated rings. The Balaban J connectivity index is 3.11. The first-order chi connectivity index (χ1) is 6.95. The zero-order valence-electron chi connectivity index (χ0n) is 7.36. The van der Waals surface area contributed by atoms with Crippen LogP contribution in [0, 0.1) is 0 Å². The first-order valence-corrected chi connectivity index (χ1v) is 5.22. The van der Waals surface area contributed by atoms with Crippen molar-refractivity contribution in [2.45, 2.75) is 4.90 Å². The third-order valence-electron chi connectivity index (χ3n) is 1.57. The maximum Gasteiger partial charge on any atom is 0.249 e. The smallest absolute Gasteiger partial charge is 0.249 e. The number of hydrogen-bond donors (Lipinski definition) is 1. The Kier molecular flexibility index (Phi) is 3.05. The minimum absolute atomic E-state index is 0.0974. The lowest BCUT2D eigenvalue weighted by Gasteiger charge is -1.98. The molecule has 0 unspecified atom stereocenters. The van der Waals surface area contributed by atoms with E-state index in [9.17, 15) is 13.2 Å². The third-order valence-corrected chi connectivity index (χ3v) is 2.49. The topological polar surface area (TPSA) is 126 Å². The summed E-state index contributed by atoms with van der Waals surface area (Å²) in [6.45, 7) is 0. The summed E-state index contributed by atoms with van der Waals surface area (Å²) in [5, 5.41) is 7.69. The Hall–Kier alpha value is -1.89. The van der Waals surface area contributed by atoms with Gasteiger partial charge < -0.3 is 0 Å². The Morgan fingerprint density at radius 3 is 2.27 bits per heavy atom. The van der Waals surface area contributed by atoms with Crippen LogP contribution in [0.2, 0.25) is 0 Å². The van der Waals surface area contributed by atoms with Crippen LogP contribution in [0.15, 0.2) is 34.3 Å². The molecule has 1 aromatic rings. The Labute approximate surface area is 85.2 Å². The summed E-state index contributed by atoms with van der Waals surface area (Å²) in [5.74, 6) is -0.779. The summed E-state index contributed by atoms with van der Waals surface area (Å²) in [4.78, 5) is 13.2. The molecule has 0 aliphatic heterocycles. The van der Waals surface area contributed by atoms with Gasteiger partial charge in [0.15, 0.2) is 0 Å². The number of hydrogen-bond acceptors (Lipinski definition) is 3. The van der Waals surface area contributed by atoms with Crippen LogP contribution in [0.3, 0.4) is 0 Å². The number of amides is 1. The summed E-state index contributed by atoms with van der Waals surface area (Å²) in [6, 6.07) is 4.76. The van der Waals surface area contributed by atoms with Gasteiger partial charge in [0.2, 0.25) is 15.9 Å². The Bertz CT molecular complexity index is 528. The lowest BCUT2D eigenvalue weighted by molar-refractivity contribution is 0.100. The molecule has 0 radical (unpaired) electrons. The molecular weight excluding hydrogens is 220 g/mol. The number of nitrogens with zero attached hydrogens (tertiary/aromatic N) is 3. The van der Waals surface area contributed by atoms with Crippen molar-refractivity contribution in [2.24, 2.45) is 10.3 Å². The highest BCUT2D eigenvalue weighted by Crippen LogP contribution is 2.09. The number of benzene rings is 1. The maximum absolute atomic E-state index is 11.0. The molecule has 0 atom stereocenters. The van der Waals surface area contributed by atoms with Crippen molar-refractivity contribution >= 4 is 15.9 Å². The van der Waals surface area contributed by atoms with E-state index in [1.165, 1.54) is 12.1 Å². The van der Waals surface area contributed by atoms with Gasteiger partial charge in [-0.05, 0) is 34.9 Å². The van der Waals surface area contributed by atoms with Gasteiger partial charge in [0.25, 0.3) is 0 Å². The average molecular weight is 226 g/mol. The van der Waals surface area contributed by atoms with E-state index in [2.05, 4.69) is 10.0 Å². The van der Waals surface area contributed by atoms with Crippen molar-refractivity contribution in [1.29, 1.82) is 0 Å². The van der Waals surface area contributed by atoms with Crippen LogP contribution in [0.25, 0.3) is 10.4 Å². The van der Waals surface area contributed by atoms with Crippen LogP contribution >= 0.6 is 0 Å². The van der Waals surface area contributed by atoms with Crippen LogP contribution in [-0.4, -0.2) is 14.3 Å². The lowest BCUT2D eigenvalue weighted by atomic mass is 10.2. The van der Waals surface area contributed by atoms with Crippen molar-refractivity contribution < 1.29 is 13.2 Å². The molecule has 0 aliphatic rings. The predicted molar refractivity (Wildman–Crippen MR) is 51.3 cm³/mol. The molecule has 2 N–H and O–H groups in total. The average Bonchev–Trinajstić information content (AvgIpc) is 2.17. The zero-order chi connectivity index (χ0) is 11.5. The van der Waals surface area contributed by atoms with Crippen molar-refractivity contribution in [3.05, 3.63) is 40.3 Å². The Morgan fingerprint density at radius 2 is 1.87 bits per heavy atom. The minimum Gasteiger partial charge on any atom is -0.287 e. The van der Waals surface area contributed by atoms with Gasteiger partial charge in [-0.2, -0.15) is 0 Å². The number of azide groups is 1. The second-order valence-electron chi connectivity index (χ2n) is 2.56. The van der Waals surface area contributed by atoms with Gasteiger partial charge in [-0.25, -0.2) is 13.6 Å². The highest BCUT2D eigenvalue weighted by molar-refractivity contribution is 7.89. The summed E-state index contributed by atoms with van der Waals surface area (Å²) < 4.78 is 21.7. The van der Waals surface area contributed by atoms with E-state index in [-0.39, 0.29) is 10.5 Å². The number of primary sulfonamides is 1. The predicted octanol–water partition coefficient (Wildman–Crippen LogP) is 0.785. The molecule has 8 heteroatoms. The number of carbonyl (C=O) groups is 1. The SMILES string of the molecule is [N-]=[N+]=NC(=O)c1ccc(S(N)(=O)=O)cc1. The van der Waals surface area contributed by atoms with E-state index >= 15 is 0 Å². The van der Waals surface area contributed by atoms with Crippen LogP contribution in [0.1, 0.15) is 10.4 Å². The quantitative estimate of drug-likeness (QED) is 0.454. The van der Waals surface area contributed by atoms with Crippen molar-refractivity contribution in [2.75, 3.05) is 0 Å². The molecule has 1 amide bonds. The van der Waals surface area contributed by atoms with Gasteiger partial charge in [-0.1, -0.05) is 0 Å². The molecule has 0 aromatic heterocycles. The monoisotopic (exact) mass is 226 g/mol. The molecule has 1 rings (SSSR count). The summed E-state index contributed by atoms with van der Waals surface area (Å²) in [6.07, 6.45) is 0. The third kappa shape index (κ3) is 2.78. The van der Waals surface area contributed by atoms with Gasteiger partial charge in [0, 0.05) is 10.5 Å².